The maximum atomic E-state index is 13.7. The fourth-order valence-electron chi connectivity index (χ4n) is 5.08. The number of rotatable bonds is 7. The number of carbonyl (C=O) groups is 1. The molecule has 192 valence electrons. The molecule has 1 atom stereocenters. The summed E-state index contributed by atoms with van der Waals surface area (Å²) in [5, 5.41) is 8.04. The molecule has 5 rings (SSSR count). The predicted molar refractivity (Wildman–Crippen MR) is 145 cm³/mol. The van der Waals surface area contributed by atoms with Gasteiger partial charge in [-0.15, -0.1) is 0 Å². The molecule has 0 aliphatic carbocycles. The van der Waals surface area contributed by atoms with Crippen LogP contribution in [0.4, 0.5) is 4.79 Å². The minimum absolute atomic E-state index is 0.0958. The van der Waals surface area contributed by atoms with E-state index >= 15 is 0 Å². The number of hydrogen-bond donors (Lipinski definition) is 1. The van der Waals surface area contributed by atoms with E-state index in [0.717, 1.165) is 40.4 Å². The highest BCUT2D eigenvalue weighted by atomic mass is 16.5. The molecule has 0 unspecified atom stereocenters. The Morgan fingerprint density at radius 1 is 1.08 bits per heavy atom. The van der Waals surface area contributed by atoms with E-state index in [9.17, 15) is 4.79 Å². The first-order valence-electron chi connectivity index (χ1n) is 12.9. The Balaban J connectivity index is 1.64. The average molecular weight is 498 g/mol. The van der Waals surface area contributed by atoms with Gasteiger partial charge in [-0.25, -0.2) is 9.48 Å². The number of ether oxygens (including phenoxy) is 1. The van der Waals surface area contributed by atoms with Gasteiger partial charge in [0.25, 0.3) is 0 Å². The van der Waals surface area contributed by atoms with Gasteiger partial charge in [-0.05, 0) is 54.7 Å². The highest BCUT2D eigenvalue weighted by molar-refractivity contribution is 5.76. The summed E-state index contributed by atoms with van der Waals surface area (Å²) in [6, 6.07) is 22.6. The zero-order valence-corrected chi connectivity index (χ0v) is 22.0. The van der Waals surface area contributed by atoms with Crippen molar-refractivity contribution in [2.24, 2.45) is 0 Å². The van der Waals surface area contributed by atoms with Crippen LogP contribution in [0.15, 0.2) is 72.9 Å². The first kappa shape index (κ1) is 24.8. The lowest BCUT2D eigenvalue weighted by Gasteiger charge is -2.31. The lowest BCUT2D eigenvalue weighted by atomic mass is 9.97. The number of nitrogens with one attached hydrogen (secondary N) is 1. The van der Waals surface area contributed by atoms with E-state index in [-0.39, 0.29) is 12.1 Å². The Bertz CT molecular complexity index is 1350. The molecule has 2 amide bonds. The van der Waals surface area contributed by atoms with Crippen LogP contribution in [-0.4, -0.2) is 45.5 Å². The molecule has 2 aromatic carbocycles. The maximum absolute atomic E-state index is 13.7. The van der Waals surface area contributed by atoms with Crippen LogP contribution < -0.4 is 5.32 Å². The topological polar surface area (TPSA) is 64.3 Å². The van der Waals surface area contributed by atoms with E-state index in [1.165, 1.54) is 5.56 Å². The van der Waals surface area contributed by atoms with E-state index in [4.69, 9.17) is 9.84 Å². The Morgan fingerprint density at radius 2 is 1.84 bits per heavy atom. The Kier molecular flexibility index (Phi) is 7.15. The Labute approximate surface area is 218 Å². The molecule has 0 spiro atoms. The van der Waals surface area contributed by atoms with Crippen LogP contribution in [0.3, 0.4) is 0 Å². The quantitative estimate of drug-likeness (QED) is 0.331. The highest BCUT2D eigenvalue weighted by Gasteiger charge is 2.35. The number of methoxy groups -OCH3 is 1. The molecule has 0 saturated carbocycles. The fourth-order valence-corrected chi connectivity index (χ4v) is 5.08. The van der Waals surface area contributed by atoms with Gasteiger partial charge in [0.2, 0.25) is 0 Å². The fraction of sp³-hybridized carbons (Fsp3) is 0.333. The first-order chi connectivity index (χ1) is 18.0. The number of aryl methyl sites for hydroxylation is 1. The minimum Gasteiger partial charge on any atom is -0.385 e. The third-order valence-corrected chi connectivity index (χ3v) is 7.07. The van der Waals surface area contributed by atoms with Gasteiger partial charge in [0.1, 0.15) is 5.82 Å². The largest absolute Gasteiger partial charge is 0.385 e. The van der Waals surface area contributed by atoms with Crippen LogP contribution in [0.25, 0.3) is 11.5 Å². The van der Waals surface area contributed by atoms with Gasteiger partial charge in [0, 0.05) is 32.0 Å². The molecule has 37 heavy (non-hydrogen) atoms. The number of benzene rings is 2. The van der Waals surface area contributed by atoms with Crippen LogP contribution in [0, 0.1) is 6.92 Å². The van der Waals surface area contributed by atoms with Crippen molar-refractivity contribution in [2.45, 2.75) is 45.7 Å². The maximum Gasteiger partial charge on any atom is 0.318 e. The van der Waals surface area contributed by atoms with E-state index < -0.39 is 0 Å². The normalized spacial score (nSPS) is 14.8. The van der Waals surface area contributed by atoms with Gasteiger partial charge >= 0.3 is 6.03 Å². The standard InChI is InChI=1S/C30H35N5O2/c1-21(2)23-13-15-24(16-14-23)28-27-12-8-18-33(27)29-26(20-34(28)30(36)31-17-9-19-37-4)22(3)32-35(29)25-10-6-5-7-11-25/h5-8,10-16,18,21,28H,9,17,19-20H2,1-4H3,(H,31,36)/t28-/m0/s1. The SMILES string of the molecule is COCCCNC(=O)N1Cc2c(C)nn(-c3ccccc3)c2-n2cccc2[C@@H]1c1ccc(C(C)C)cc1. The van der Waals surface area contributed by atoms with Gasteiger partial charge in [0.15, 0.2) is 0 Å². The third-order valence-electron chi connectivity index (χ3n) is 7.07. The summed E-state index contributed by atoms with van der Waals surface area (Å²) >= 11 is 0. The van der Waals surface area contributed by atoms with Crippen molar-refractivity contribution in [1.29, 1.82) is 0 Å². The van der Waals surface area contributed by atoms with E-state index in [2.05, 4.69) is 72.4 Å². The summed E-state index contributed by atoms with van der Waals surface area (Å²) in [5.41, 5.74) is 6.32. The van der Waals surface area contributed by atoms with Crippen molar-refractivity contribution in [2.75, 3.05) is 20.3 Å². The summed E-state index contributed by atoms with van der Waals surface area (Å²) in [5.74, 6) is 1.41. The van der Waals surface area contributed by atoms with Gasteiger partial charge in [0.05, 0.1) is 29.7 Å². The smallest absolute Gasteiger partial charge is 0.318 e. The minimum atomic E-state index is -0.255. The van der Waals surface area contributed by atoms with Crippen molar-refractivity contribution in [1.82, 2.24) is 24.6 Å². The number of para-hydroxylation sites is 1. The van der Waals surface area contributed by atoms with Crippen LogP contribution >= 0.6 is 0 Å². The Hall–Kier alpha value is -3.84. The third kappa shape index (κ3) is 4.79. The molecule has 1 aliphatic rings. The summed E-state index contributed by atoms with van der Waals surface area (Å²) in [7, 11) is 1.68. The number of urea groups is 1. The molecular formula is C30H35N5O2. The molecule has 0 saturated heterocycles. The molecule has 7 heteroatoms. The number of amides is 2. The monoisotopic (exact) mass is 497 g/mol. The highest BCUT2D eigenvalue weighted by Crippen LogP contribution is 2.38. The number of hydrogen-bond acceptors (Lipinski definition) is 3. The molecule has 1 N–H and O–H groups in total. The van der Waals surface area contributed by atoms with Gasteiger partial charge in [-0.2, -0.15) is 5.10 Å². The zero-order valence-electron chi connectivity index (χ0n) is 22.0. The van der Waals surface area contributed by atoms with E-state index in [0.29, 0.717) is 25.6 Å². The molecule has 1 aliphatic heterocycles. The second-order valence-electron chi connectivity index (χ2n) is 9.87. The molecule has 4 aromatic rings. The van der Waals surface area contributed by atoms with E-state index in [1.807, 2.05) is 40.8 Å². The number of carbonyl (C=O) groups excluding carboxylic acids is 1. The van der Waals surface area contributed by atoms with Crippen LogP contribution in [0.1, 0.15) is 60.3 Å². The summed E-state index contributed by atoms with van der Waals surface area (Å²) < 4.78 is 9.36. The van der Waals surface area contributed by atoms with Crippen molar-refractivity contribution in [3.63, 3.8) is 0 Å². The second-order valence-corrected chi connectivity index (χ2v) is 9.87. The molecule has 0 bridgehead atoms. The molecule has 2 aromatic heterocycles. The summed E-state index contributed by atoms with van der Waals surface area (Å²) in [6.45, 7) is 8.02. The second kappa shape index (κ2) is 10.6. The van der Waals surface area contributed by atoms with Gasteiger partial charge < -0.3 is 19.5 Å². The lowest BCUT2D eigenvalue weighted by Crippen LogP contribution is -2.42. The van der Waals surface area contributed by atoms with Crippen molar-refractivity contribution in [3.05, 3.63) is 101 Å². The predicted octanol–water partition coefficient (Wildman–Crippen LogP) is 5.75. The summed E-state index contributed by atoms with van der Waals surface area (Å²) in [6.07, 6.45) is 2.83. The van der Waals surface area contributed by atoms with Gasteiger partial charge in [-0.1, -0.05) is 56.3 Å². The van der Waals surface area contributed by atoms with Crippen molar-refractivity contribution < 1.29 is 9.53 Å². The molecular weight excluding hydrogens is 462 g/mol. The average Bonchev–Trinajstić information content (AvgIpc) is 3.47. The van der Waals surface area contributed by atoms with Crippen LogP contribution in [0.2, 0.25) is 0 Å². The molecule has 0 fully saturated rings. The van der Waals surface area contributed by atoms with Crippen LogP contribution in [0.5, 0.6) is 0 Å². The zero-order chi connectivity index (χ0) is 25.9. The van der Waals surface area contributed by atoms with Crippen LogP contribution in [-0.2, 0) is 11.3 Å². The Morgan fingerprint density at radius 3 is 2.54 bits per heavy atom. The first-order valence-corrected chi connectivity index (χ1v) is 12.9. The lowest BCUT2D eigenvalue weighted by molar-refractivity contribution is 0.174. The molecule has 7 nitrogen and oxygen atoms in total. The number of aromatic nitrogens is 3. The molecule has 3 heterocycles. The van der Waals surface area contributed by atoms with Crippen molar-refractivity contribution in [3.8, 4) is 11.5 Å². The number of fused-ring (bicyclic) bond motifs is 3. The molecule has 0 radical (unpaired) electrons. The van der Waals surface area contributed by atoms with E-state index in [1.54, 1.807) is 7.11 Å². The summed E-state index contributed by atoms with van der Waals surface area (Å²) in [4.78, 5) is 15.7. The van der Waals surface area contributed by atoms with Gasteiger partial charge in [-0.3, -0.25) is 0 Å². The van der Waals surface area contributed by atoms with Crippen molar-refractivity contribution >= 4 is 6.03 Å². The number of nitrogens with zero attached hydrogens (tertiary/aromatic N) is 4.